The lowest BCUT2D eigenvalue weighted by atomic mass is 9.88. The summed E-state index contributed by atoms with van der Waals surface area (Å²) < 4.78 is 0. The van der Waals surface area contributed by atoms with E-state index in [4.69, 9.17) is 16.5 Å². The first-order valence-electron chi connectivity index (χ1n) is 7.56. The minimum atomic E-state index is -0.966. The van der Waals surface area contributed by atoms with Gasteiger partial charge in [0.05, 0.1) is 0 Å². The van der Waals surface area contributed by atoms with Crippen LogP contribution in [0.25, 0.3) is 0 Å². The quantitative estimate of drug-likeness (QED) is 0.340. The van der Waals surface area contributed by atoms with E-state index in [0.29, 0.717) is 10.8 Å². The molecule has 3 aromatic carbocycles. The molecule has 0 amide bonds. The maximum absolute atomic E-state index is 9.88. The van der Waals surface area contributed by atoms with E-state index in [1.807, 2.05) is 72.8 Å². The zero-order chi connectivity index (χ0) is 16.8. The lowest BCUT2D eigenvalue weighted by Gasteiger charge is -2.31. The van der Waals surface area contributed by atoms with Gasteiger partial charge in [-0.2, -0.15) is 0 Å². The number of benzene rings is 3. The molecule has 1 unspecified atom stereocenters. The smallest absolute Gasteiger partial charge is 0.162 e. The van der Waals surface area contributed by atoms with Gasteiger partial charge >= 0.3 is 0 Å². The Balaban J connectivity index is 2.00. The number of hydrogen-bond donors (Lipinski definition) is 1. The first-order valence-corrected chi connectivity index (χ1v) is 8.93. The highest BCUT2D eigenvalue weighted by molar-refractivity contribution is 7.99. The van der Waals surface area contributed by atoms with E-state index in [9.17, 15) is 5.26 Å². The topological polar surface area (TPSA) is 29.5 Å². The van der Waals surface area contributed by atoms with Crippen LogP contribution in [0, 0.1) is 0 Å². The third-order valence-electron chi connectivity index (χ3n) is 3.89. The van der Waals surface area contributed by atoms with Crippen LogP contribution in [0.4, 0.5) is 0 Å². The van der Waals surface area contributed by atoms with Crippen molar-refractivity contribution in [3.05, 3.63) is 101 Å². The summed E-state index contributed by atoms with van der Waals surface area (Å²) >= 11 is 7.64. The third kappa shape index (κ3) is 3.65. The van der Waals surface area contributed by atoms with E-state index >= 15 is 0 Å². The van der Waals surface area contributed by atoms with Crippen molar-refractivity contribution in [3.63, 3.8) is 0 Å². The summed E-state index contributed by atoms with van der Waals surface area (Å²) in [6.45, 7) is 0. The van der Waals surface area contributed by atoms with Crippen molar-refractivity contribution >= 4 is 23.4 Å². The summed E-state index contributed by atoms with van der Waals surface area (Å²) in [5.41, 5.74) is 0.772. The Bertz CT molecular complexity index is 763. The minimum Gasteiger partial charge on any atom is -0.251 e. The molecular formula is C20H17ClO2S. The minimum absolute atomic E-state index is 0.527. The van der Waals surface area contributed by atoms with Gasteiger partial charge in [-0.1, -0.05) is 72.3 Å². The summed E-state index contributed by atoms with van der Waals surface area (Å²) in [6, 6.07) is 27.2. The predicted molar refractivity (Wildman–Crippen MR) is 99.6 cm³/mol. The maximum atomic E-state index is 9.88. The van der Waals surface area contributed by atoms with Crippen molar-refractivity contribution in [3.8, 4) is 0 Å². The summed E-state index contributed by atoms with van der Waals surface area (Å²) in [6.07, 6.45) is 0. The molecule has 0 spiro atoms. The molecule has 3 aromatic rings. The van der Waals surface area contributed by atoms with Crippen molar-refractivity contribution in [2.45, 2.75) is 10.5 Å². The van der Waals surface area contributed by atoms with Crippen molar-refractivity contribution in [1.29, 1.82) is 0 Å². The molecular weight excluding hydrogens is 340 g/mol. The van der Waals surface area contributed by atoms with Gasteiger partial charge in [0.15, 0.2) is 5.60 Å². The summed E-state index contributed by atoms with van der Waals surface area (Å²) in [4.78, 5) is 6.22. The van der Waals surface area contributed by atoms with Gasteiger partial charge in [-0.3, -0.25) is 5.26 Å². The summed E-state index contributed by atoms with van der Waals surface area (Å²) in [5.74, 6) is 0.527. The third-order valence-corrected chi connectivity index (χ3v) is 5.30. The van der Waals surface area contributed by atoms with Crippen LogP contribution in [-0.2, 0) is 10.5 Å². The highest BCUT2D eigenvalue weighted by Gasteiger charge is 2.36. The fraction of sp³-hybridized carbons (Fsp3) is 0.100. The number of rotatable bonds is 6. The zero-order valence-electron chi connectivity index (χ0n) is 12.9. The second-order valence-electron chi connectivity index (χ2n) is 5.39. The molecule has 2 nitrogen and oxygen atoms in total. The molecule has 0 aromatic heterocycles. The van der Waals surface area contributed by atoms with E-state index < -0.39 is 5.60 Å². The molecule has 3 rings (SSSR count). The molecule has 1 N–H and O–H groups in total. The van der Waals surface area contributed by atoms with Crippen LogP contribution < -0.4 is 0 Å². The molecule has 0 heterocycles. The van der Waals surface area contributed by atoms with Crippen LogP contribution in [0.1, 0.15) is 11.1 Å². The highest BCUT2D eigenvalue weighted by Crippen LogP contribution is 2.38. The molecule has 122 valence electrons. The lowest BCUT2D eigenvalue weighted by molar-refractivity contribution is -0.308. The second-order valence-corrected chi connectivity index (χ2v) is 6.88. The molecule has 1 atom stereocenters. The largest absolute Gasteiger partial charge is 0.251 e. The average molecular weight is 357 g/mol. The Labute approximate surface area is 151 Å². The van der Waals surface area contributed by atoms with Gasteiger partial charge in [0.1, 0.15) is 0 Å². The molecule has 0 aliphatic rings. The van der Waals surface area contributed by atoms with Crippen molar-refractivity contribution in [1.82, 2.24) is 0 Å². The monoisotopic (exact) mass is 356 g/mol. The normalized spacial score (nSPS) is 13.4. The van der Waals surface area contributed by atoms with Gasteiger partial charge < -0.3 is 0 Å². The molecule has 4 heteroatoms. The number of thioether (sulfide) groups is 1. The first-order chi connectivity index (χ1) is 11.7. The van der Waals surface area contributed by atoms with Crippen molar-refractivity contribution < 1.29 is 10.1 Å². The predicted octanol–water partition coefficient (Wildman–Crippen LogP) is 5.87. The summed E-state index contributed by atoms with van der Waals surface area (Å²) in [5, 5.41) is 10.5. The van der Waals surface area contributed by atoms with E-state index in [2.05, 4.69) is 0 Å². The van der Waals surface area contributed by atoms with Gasteiger partial charge in [-0.15, -0.1) is 11.8 Å². The standard InChI is InChI=1S/C20H17ClO2S/c21-18-13-11-17(12-14-18)20(23-22,16-7-3-1-4-8-16)15-24-19-9-5-2-6-10-19/h1-14,22H,15H2. The molecule has 0 radical (unpaired) electrons. The van der Waals surface area contributed by atoms with Gasteiger partial charge in [-0.05, 0) is 35.4 Å². The first kappa shape index (κ1) is 17.1. The second kappa shape index (κ2) is 7.86. The number of halogens is 1. The van der Waals surface area contributed by atoms with Crippen molar-refractivity contribution in [2.24, 2.45) is 0 Å². The Morgan fingerprint density at radius 3 is 1.92 bits per heavy atom. The Morgan fingerprint density at radius 2 is 1.33 bits per heavy atom. The van der Waals surface area contributed by atoms with Crippen molar-refractivity contribution in [2.75, 3.05) is 5.75 Å². The van der Waals surface area contributed by atoms with Gasteiger partial charge in [-0.25, -0.2) is 4.89 Å². The van der Waals surface area contributed by atoms with E-state index in [0.717, 1.165) is 16.0 Å². The van der Waals surface area contributed by atoms with Crippen LogP contribution in [0.15, 0.2) is 89.8 Å². The van der Waals surface area contributed by atoms with Crippen LogP contribution in [0.5, 0.6) is 0 Å². The molecule has 0 aliphatic carbocycles. The molecule has 0 bridgehead atoms. The summed E-state index contributed by atoms with van der Waals surface area (Å²) in [7, 11) is 0. The van der Waals surface area contributed by atoms with Gasteiger partial charge in [0.2, 0.25) is 0 Å². The molecule has 0 saturated heterocycles. The zero-order valence-corrected chi connectivity index (χ0v) is 14.5. The average Bonchev–Trinajstić information content (AvgIpc) is 2.65. The molecule has 0 saturated carbocycles. The Morgan fingerprint density at radius 1 is 0.792 bits per heavy atom. The molecule has 24 heavy (non-hydrogen) atoms. The van der Waals surface area contributed by atoms with E-state index in [1.54, 1.807) is 23.9 Å². The lowest BCUT2D eigenvalue weighted by Crippen LogP contribution is -2.33. The maximum Gasteiger partial charge on any atom is 0.162 e. The van der Waals surface area contributed by atoms with Crippen LogP contribution >= 0.6 is 23.4 Å². The number of hydrogen-bond acceptors (Lipinski definition) is 3. The van der Waals surface area contributed by atoms with Crippen LogP contribution in [0.3, 0.4) is 0 Å². The van der Waals surface area contributed by atoms with E-state index in [1.165, 1.54) is 0 Å². The van der Waals surface area contributed by atoms with Crippen LogP contribution in [-0.4, -0.2) is 11.0 Å². The van der Waals surface area contributed by atoms with Gasteiger partial charge in [0.25, 0.3) is 0 Å². The Kier molecular flexibility index (Phi) is 5.59. The van der Waals surface area contributed by atoms with E-state index in [-0.39, 0.29) is 0 Å². The van der Waals surface area contributed by atoms with Crippen LogP contribution in [0.2, 0.25) is 5.02 Å². The highest BCUT2D eigenvalue weighted by atomic mass is 35.5. The molecule has 0 fully saturated rings. The molecule has 0 aliphatic heterocycles. The van der Waals surface area contributed by atoms with Gasteiger partial charge in [0, 0.05) is 15.7 Å². The SMILES string of the molecule is OOC(CSc1ccccc1)(c1ccccc1)c1ccc(Cl)cc1. The fourth-order valence-electron chi connectivity index (χ4n) is 2.59. The Hall–Kier alpha value is -1.78. The fourth-order valence-corrected chi connectivity index (χ4v) is 3.82.